The fourth-order valence-electron chi connectivity index (χ4n) is 0.655. The number of ether oxygens (including phenoxy) is 3. The standard InChI is InChI=1S/C6H14O4.C4H10O.C2H4/c7-1-3-9-5-6-10-4-2-8;1-3-5-4-2;1-2/h7-8H,1-6H2;3-4H2,1-2H3;1-2H2. The summed E-state index contributed by atoms with van der Waals surface area (Å²) in [6, 6.07) is 0. The predicted octanol–water partition coefficient (Wildman–Crippen LogP) is 0.849. The number of hydrogen-bond acceptors (Lipinski definition) is 5. The molecule has 5 nitrogen and oxygen atoms in total. The summed E-state index contributed by atoms with van der Waals surface area (Å²) < 4.78 is 14.6. The SMILES string of the molecule is C=C.CCOCC.OCCOCCOCCO. The van der Waals surface area contributed by atoms with E-state index in [0.717, 1.165) is 13.2 Å². The van der Waals surface area contributed by atoms with Crippen molar-refractivity contribution in [3.63, 3.8) is 0 Å². The Labute approximate surface area is 105 Å². The lowest BCUT2D eigenvalue weighted by Crippen LogP contribution is -2.09. The second kappa shape index (κ2) is 29.6. The first kappa shape index (κ1) is 21.8. The minimum Gasteiger partial charge on any atom is -0.394 e. The maximum Gasteiger partial charge on any atom is 0.0701 e. The highest BCUT2D eigenvalue weighted by atomic mass is 16.5. The molecule has 0 saturated carbocycles. The molecule has 0 amide bonds. The van der Waals surface area contributed by atoms with Gasteiger partial charge in [0.2, 0.25) is 0 Å². The molecule has 0 heterocycles. The fraction of sp³-hybridized carbons (Fsp3) is 0.833. The van der Waals surface area contributed by atoms with Crippen LogP contribution in [0.3, 0.4) is 0 Å². The smallest absolute Gasteiger partial charge is 0.0701 e. The maximum atomic E-state index is 8.26. The van der Waals surface area contributed by atoms with Crippen molar-refractivity contribution in [3.05, 3.63) is 13.2 Å². The second-order valence-electron chi connectivity index (χ2n) is 2.45. The Morgan fingerprint density at radius 2 is 1.06 bits per heavy atom. The van der Waals surface area contributed by atoms with Crippen LogP contribution in [0, 0.1) is 0 Å². The highest BCUT2D eigenvalue weighted by Gasteiger charge is 1.86. The third kappa shape index (κ3) is 39.1. The zero-order chi connectivity index (χ0) is 13.8. The first-order valence-corrected chi connectivity index (χ1v) is 5.78. The van der Waals surface area contributed by atoms with Crippen molar-refractivity contribution >= 4 is 0 Å². The van der Waals surface area contributed by atoms with Gasteiger partial charge in [-0.15, -0.1) is 13.2 Å². The van der Waals surface area contributed by atoms with Gasteiger partial charge in [0.05, 0.1) is 39.6 Å². The van der Waals surface area contributed by atoms with E-state index in [0.29, 0.717) is 26.4 Å². The van der Waals surface area contributed by atoms with E-state index in [-0.39, 0.29) is 13.2 Å². The molecule has 0 aromatic heterocycles. The van der Waals surface area contributed by atoms with Gasteiger partial charge in [-0.2, -0.15) is 0 Å². The lowest BCUT2D eigenvalue weighted by molar-refractivity contribution is 0.0222. The lowest BCUT2D eigenvalue weighted by atomic mass is 10.7. The Kier molecular flexibility index (Phi) is 37.9. The molecule has 0 bridgehead atoms. The van der Waals surface area contributed by atoms with Crippen molar-refractivity contribution in [2.75, 3.05) is 52.9 Å². The average Bonchev–Trinajstić information content (AvgIpc) is 2.38. The molecule has 17 heavy (non-hydrogen) atoms. The van der Waals surface area contributed by atoms with E-state index >= 15 is 0 Å². The second-order valence-corrected chi connectivity index (χ2v) is 2.45. The summed E-state index contributed by atoms with van der Waals surface area (Å²) in [5, 5.41) is 16.5. The summed E-state index contributed by atoms with van der Waals surface area (Å²) in [6.07, 6.45) is 0. The van der Waals surface area contributed by atoms with Gasteiger partial charge in [-0.25, -0.2) is 0 Å². The third-order valence-corrected chi connectivity index (χ3v) is 1.25. The van der Waals surface area contributed by atoms with Crippen LogP contribution in [0.5, 0.6) is 0 Å². The summed E-state index contributed by atoms with van der Waals surface area (Å²) in [5.41, 5.74) is 0. The molecule has 0 saturated heterocycles. The van der Waals surface area contributed by atoms with Gasteiger partial charge in [0.25, 0.3) is 0 Å². The highest BCUT2D eigenvalue weighted by molar-refractivity contribution is 4.30. The van der Waals surface area contributed by atoms with Crippen molar-refractivity contribution in [1.29, 1.82) is 0 Å². The fourth-order valence-corrected chi connectivity index (χ4v) is 0.655. The quantitative estimate of drug-likeness (QED) is 0.470. The van der Waals surface area contributed by atoms with Crippen LogP contribution >= 0.6 is 0 Å². The summed E-state index contributed by atoms with van der Waals surface area (Å²) in [6.45, 7) is 13.4. The van der Waals surface area contributed by atoms with Crippen LogP contribution in [-0.4, -0.2) is 63.1 Å². The Morgan fingerprint density at radius 3 is 1.24 bits per heavy atom. The molecule has 0 spiro atoms. The van der Waals surface area contributed by atoms with E-state index < -0.39 is 0 Å². The van der Waals surface area contributed by atoms with Crippen LogP contribution < -0.4 is 0 Å². The molecule has 0 aromatic carbocycles. The zero-order valence-corrected chi connectivity index (χ0v) is 11.2. The van der Waals surface area contributed by atoms with Crippen molar-refractivity contribution in [3.8, 4) is 0 Å². The first-order chi connectivity index (χ1) is 8.33. The molecular formula is C12H28O5. The largest absolute Gasteiger partial charge is 0.394 e. The third-order valence-electron chi connectivity index (χ3n) is 1.25. The Hall–Kier alpha value is -0.460. The summed E-state index contributed by atoms with van der Waals surface area (Å²) in [7, 11) is 0. The molecule has 0 fully saturated rings. The minimum absolute atomic E-state index is 0.0417. The van der Waals surface area contributed by atoms with Gasteiger partial charge in [-0.3, -0.25) is 0 Å². The Balaban J connectivity index is -0.000000236. The van der Waals surface area contributed by atoms with E-state index in [2.05, 4.69) is 13.2 Å². The lowest BCUT2D eigenvalue weighted by Gasteiger charge is -2.01. The maximum absolute atomic E-state index is 8.26. The van der Waals surface area contributed by atoms with Gasteiger partial charge in [0.1, 0.15) is 0 Å². The molecule has 0 aliphatic carbocycles. The van der Waals surface area contributed by atoms with Crippen LogP contribution in [0.15, 0.2) is 13.2 Å². The van der Waals surface area contributed by atoms with Crippen molar-refractivity contribution in [2.45, 2.75) is 13.8 Å². The summed E-state index contributed by atoms with van der Waals surface area (Å²) >= 11 is 0. The molecule has 0 aliphatic heterocycles. The predicted molar refractivity (Wildman–Crippen MR) is 69.2 cm³/mol. The van der Waals surface area contributed by atoms with Gasteiger partial charge >= 0.3 is 0 Å². The normalized spacial score (nSPS) is 8.71. The molecule has 0 aliphatic rings. The van der Waals surface area contributed by atoms with Gasteiger partial charge in [0.15, 0.2) is 0 Å². The van der Waals surface area contributed by atoms with Crippen molar-refractivity contribution < 1.29 is 24.4 Å². The van der Waals surface area contributed by atoms with Crippen molar-refractivity contribution in [2.24, 2.45) is 0 Å². The number of aliphatic hydroxyl groups is 2. The summed E-state index contributed by atoms with van der Waals surface area (Å²) in [4.78, 5) is 0. The van der Waals surface area contributed by atoms with E-state index in [1.807, 2.05) is 13.8 Å². The molecule has 0 radical (unpaired) electrons. The van der Waals surface area contributed by atoms with E-state index in [9.17, 15) is 0 Å². The van der Waals surface area contributed by atoms with Crippen LogP contribution in [0.4, 0.5) is 0 Å². The topological polar surface area (TPSA) is 68.2 Å². The first-order valence-electron chi connectivity index (χ1n) is 5.78. The number of rotatable bonds is 9. The monoisotopic (exact) mass is 252 g/mol. The van der Waals surface area contributed by atoms with E-state index in [1.54, 1.807) is 0 Å². The molecule has 5 heteroatoms. The summed E-state index contributed by atoms with van der Waals surface area (Å²) in [5.74, 6) is 0. The Morgan fingerprint density at radius 1 is 0.706 bits per heavy atom. The van der Waals surface area contributed by atoms with E-state index in [1.165, 1.54) is 0 Å². The molecule has 0 rings (SSSR count). The molecular weight excluding hydrogens is 224 g/mol. The van der Waals surface area contributed by atoms with Crippen LogP contribution in [0.2, 0.25) is 0 Å². The van der Waals surface area contributed by atoms with Gasteiger partial charge in [-0.1, -0.05) is 0 Å². The molecule has 106 valence electrons. The van der Waals surface area contributed by atoms with E-state index in [4.69, 9.17) is 24.4 Å². The number of hydrogen-bond donors (Lipinski definition) is 2. The average molecular weight is 252 g/mol. The highest BCUT2D eigenvalue weighted by Crippen LogP contribution is 1.76. The van der Waals surface area contributed by atoms with Crippen LogP contribution in [0.25, 0.3) is 0 Å². The van der Waals surface area contributed by atoms with Crippen molar-refractivity contribution in [1.82, 2.24) is 0 Å². The van der Waals surface area contributed by atoms with Gasteiger partial charge in [0, 0.05) is 13.2 Å². The molecule has 0 aromatic rings. The Bertz CT molecular complexity index is 90.9. The molecule has 2 N–H and O–H groups in total. The molecule has 0 unspecified atom stereocenters. The zero-order valence-electron chi connectivity index (χ0n) is 11.2. The number of aliphatic hydroxyl groups excluding tert-OH is 2. The van der Waals surface area contributed by atoms with Gasteiger partial charge in [-0.05, 0) is 13.8 Å². The minimum atomic E-state index is 0.0417. The van der Waals surface area contributed by atoms with Gasteiger partial charge < -0.3 is 24.4 Å². The van der Waals surface area contributed by atoms with Crippen LogP contribution in [0.1, 0.15) is 13.8 Å². The van der Waals surface area contributed by atoms with Crippen LogP contribution in [-0.2, 0) is 14.2 Å². The molecule has 0 atom stereocenters.